The second-order valence-electron chi connectivity index (χ2n) is 9.43. The van der Waals surface area contributed by atoms with Crippen molar-refractivity contribution in [3.63, 3.8) is 0 Å². The maximum Gasteiger partial charge on any atom is 0.573 e. The second-order valence-corrected chi connectivity index (χ2v) is 9.43. The van der Waals surface area contributed by atoms with Gasteiger partial charge in [-0.15, -0.1) is 13.2 Å². The lowest BCUT2D eigenvalue weighted by Gasteiger charge is -2.29. The van der Waals surface area contributed by atoms with Gasteiger partial charge in [-0.3, -0.25) is 4.79 Å². The van der Waals surface area contributed by atoms with Crippen molar-refractivity contribution >= 4 is 29.2 Å². The normalized spacial score (nSPS) is 13.3. The van der Waals surface area contributed by atoms with Gasteiger partial charge in [0.1, 0.15) is 17.3 Å². The molecule has 4 rings (SSSR count). The van der Waals surface area contributed by atoms with Crippen LogP contribution in [0.4, 0.5) is 30.4 Å². The van der Waals surface area contributed by atoms with Crippen LogP contribution in [0.2, 0.25) is 0 Å². The molecule has 0 spiro atoms. The Balaban J connectivity index is 0.00000108. The van der Waals surface area contributed by atoms with E-state index < -0.39 is 12.1 Å². The fourth-order valence-electron chi connectivity index (χ4n) is 4.09. The summed E-state index contributed by atoms with van der Waals surface area (Å²) in [7, 11) is 1.68. The van der Waals surface area contributed by atoms with Crippen LogP contribution in [0.3, 0.4) is 0 Å². The molecule has 11 heteroatoms. The van der Waals surface area contributed by atoms with Gasteiger partial charge in [0.15, 0.2) is 6.29 Å². The molecule has 1 fully saturated rings. The number of methoxy groups -OCH3 is 1. The number of halogens is 3. The van der Waals surface area contributed by atoms with Crippen LogP contribution in [0.15, 0.2) is 54.6 Å². The lowest BCUT2D eigenvalue weighted by molar-refractivity contribution is -0.274. The molecule has 0 radical (unpaired) electrons. The summed E-state index contributed by atoms with van der Waals surface area (Å²) in [6.07, 6.45) is -4.23. The first-order chi connectivity index (χ1) is 19.6. The Morgan fingerprint density at radius 3 is 2.37 bits per heavy atom. The van der Waals surface area contributed by atoms with Gasteiger partial charge in [0.05, 0.1) is 13.2 Å². The van der Waals surface area contributed by atoms with Crippen LogP contribution in [0, 0.1) is 11.3 Å². The highest BCUT2D eigenvalue weighted by Crippen LogP contribution is 2.34. The van der Waals surface area contributed by atoms with E-state index in [0.717, 1.165) is 30.9 Å². The summed E-state index contributed by atoms with van der Waals surface area (Å²) in [5, 5.41) is 11.8. The molecule has 3 aromatic rings. The number of hydrogen-bond donors (Lipinski definition) is 2. The van der Waals surface area contributed by atoms with E-state index in [-0.39, 0.29) is 28.8 Å². The van der Waals surface area contributed by atoms with Gasteiger partial charge in [0, 0.05) is 55.5 Å². The zero-order chi connectivity index (χ0) is 30.0. The first-order valence-electron chi connectivity index (χ1n) is 13.2. The third-order valence-corrected chi connectivity index (χ3v) is 6.18. The van der Waals surface area contributed by atoms with Crippen LogP contribution < -0.4 is 15.0 Å². The van der Waals surface area contributed by atoms with E-state index in [4.69, 9.17) is 10.1 Å². The van der Waals surface area contributed by atoms with Crippen LogP contribution in [0.25, 0.3) is 11.1 Å². The van der Waals surface area contributed by atoms with Crippen LogP contribution in [0.5, 0.6) is 5.75 Å². The van der Waals surface area contributed by atoms with Crippen molar-refractivity contribution in [1.29, 1.82) is 5.41 Å². The summed E-state index contributed by atoms with van der Waals surface area (Å²) in [5.41, 5.74) is 3.55. The van der Waals surface area contributed by atoms with Crippen LogP contribution >= 0.6 is 0 Å². The quantitative estimate of drug-likeness (QED) is 0.217. The van der Waals surface area contributed by atoms with Crippen LogP contribution in [-0.4, -0.2) is 63.4 Å². The number of nitrogens with one attached hydrogen (secondary N) is 2. The largest absolute Gasteiger partial charge is 0.573 e. The zero-order valence-electron chi connectivity index (χ0n) is 23.5. The minimum Gasteiger partial charge on any atom is -0.406 e. The number of rotatable bonds is 9. The highest BCUT2D eigenvalue weighted by atomic mass is 19.4. The fourth-order valence-corrected chi connectivity index (χ4v) is 4.09. The van der Waals surface area contributed by atoms with Crippen molar-refractivity contribution in [2.45, 2.75) is 27.1 Å². The van der Waals surface area contributed by atoms with Crippen molar-refractivity contribution in [3.05, 3.63) is 65.9 Å². The van der Waals surface area contributed by atoms with E-state index in [1.165, 1.54) is 18.2 Å². The van der Waals surface area contributed by atoms with Crippen molar-refractivity contribution in [2.75, 3.05) is 50.2 Å². The molecular weight excluding hydrogens is 537 g/mol. The third kappa shape index (κ3) is 9.02. The molecule has 2 N–H and O–H groups in total. The van der Waals surface area contributed by atoms with Gasteiger partial charge in [0.25, 0.3) is 0 Å². The highest BCUT2D eigenvalue weighted by Gasteiger charge is 2.31. The summed E-state index contributed by atoms with van der Waals surface area (Å²) >= 11 is 0. The number of pyridine rings is 1. The van der Waals surface area contributed by atoms with Gasteiger partial charge in [0.2, 0.25) is 0 Å². The lowest BCUT2D eigenvalue weighted by Crippen LogP contribution is -2.36. The average Bonchev–Trinajstić information content (AvgIpc) is 2.96. The Bertz CT molecular complexity index is 1310. The number of ether oxygens (including phenoxy) is 3. The Labute approximate surface area is 238 Å². The molecule has 8 nitrogen and oxygen atoms in total. The molecule has 0 unspecified atom stereocenters. The molecule has 220 valence electrons. The minimum atomic E-state index is -4.83. The molecule has 2 heterocycles. The average molecular weight is 573 g/mol. The molecular formula is C30H35F3N4O4. The standard InChI is InChI=1S/C27H27F3N4O3.C3H8O/c1-17(2)25(31)24-23(18-6-8-21(9-7-18)34-10-12-36-13-11-34)15-20(16-35)33-26(24)32-19-4-3-5-22(14-19)37-27(28,29)30;1-3-4-2/h3-9,14-17,31H,10-13H2,1-2H3,(H,32,33);3H2,1-2H3. The number of hydrogen-bond acceptors (Lipinski definition) is 8. The second kappa shape index (κ2) is 14.6. The molecule has 2 aromatic carbocycles. The molecule has 1 aliphatic heterocycles. The van der Waals surface area contributed by atoms with E-state index in [1.54, 1.807) is 19.2 Å². The summed E-state index contributed by atoms with van der Waals surface area (Å²) in [5.74, 6) is -0.390. The zero-order valence-corrected chi connectivity index (χ0v) is 23.5. The Kier molecular flexibility index (Phi) is 11.2. The molecule has 0 atom stereocenters. The van der Waals surface area contributed by atoms with Crippen molar-refractivity contribution < 1.29 is 32.2 Å². The van der Waals surface area contributed by atoms with Crippen LogP contribution in [-0.2, 0) is 9.47 Å². The van der Waals surface area contributed by atoms with E-state index in [2.05, 4.69) is 24.7 Å². The molecule has 41 heavy (non-hydrogen) atoms. The molecule has 0 aliphatic carbocycles. The number of alkyl halides is 3. The smallest absolute Gasteiger partial charge is 0.406 e. The number of anilines is 3. The molecule has 1 saturated heterocycles. The van der Waals surface area contributed by atoms with Crippen molar-refractivity contribution in [3.8, 4) is 16.9 Å². The summed E-state index contributed by atoms with van der Waals surface area (Å²) < 4.78 is 52.1. The van der Waals surface area contributed by atoms with Gasteiger partial charge >= 0.3 is 6.36 Å². The first-order valence-corrected chi connectivity index (χ1v) is 13.2. The lowest BCUT2D eigenvalue weighted by atomic mass is 9.91. The molecule has 1 aliphatic rings. The number of aromatic nitrogens is 1. The van der Waals surface area contributed by atoms with Gasteiger partial charge in [-0.2, -0.15) is 0 Å². The predicted octanol–water partition coefficient (Wildman–Crippen LogP) is 6.72. The SMILES string of the molecule is CC(C)C(=N)c1c(-c2ccc(N3CCOCC3)cc2)cc(C=O)nc1Nc1cccc(OC(F)(F)F)c1.CCOC. The number of morpholine rings is 1. The Hall–Kier alpha value is -3.96. The first kappa shape index (κ1) is 31.6. The van der Waals surface area contributed by atoms with E-state index in [0.29, 0.717) is 30.6 Å². The highest BCUT2D eigenvalue weighted by molar-refractivity contribution is 6.10. The van der Waals surface area contributed by atoms with Crippen molar-refractivity contribution in [2.24, 2.45) is 5.92 Å². The molecule has 0 bridgehead atoms. The predicted molar refractivity (Wildman–Crippen MR) is 154 cm³/mol. The van der Waals surface area contributed by atoms with Crippen molar-refractivity contribution in [1.82, 2.24) is 4.98 Å². The van der Waals surface area contributed by atoms with Gasteiger partial charge < -0.3 is 29.8 Å². The minimum absolute atomic E-state index is 0.123. The molecule has 0 saturated carbocycles. The Morgan fingerprint density at radius 2 is 1.80 bits per heavy atom. The molecule has 0 amide bonds. The Morgan fingerprint density at radius 1 is 1.15 bits per heavy atom. The number of nitrogens with zero attached hydrogens (tertiary/aromatic N) is 2. The fraction of sp³-hybridized carbons (Fsp3) is 0.367. The van der Waals surface area contributed by atoms with E-state index >= 15 is 0 Å². The maximum atomic E-state index is 12.7. The van der Waals surface area contributed by atoms with Gasteiger partial charge in [-0.25, -0.2) is 4.98 Å². The number of aldehydes is 1. The summed E-state index contributed by atoms with van der Waals surface area (Å²) in [4.78, 5) is 18.4. The maximum absolute atomic E-state index is 12.7. The summed E-state index contributed by atoms with van der Waals surface area (Å²) in [6.45, 7) is 9.41. The third-order valence-electron chi connectivity index (χ3n) is 6.18. The molecule has 1 aromatic heterocycles. The topological polar surface area (TPSA) is 96.8 Å². The number of benzene rings is 2. The van der Waals surface area contributed by atoms with Crippen LogP contribution in [0.1, 0.15) is 36.8 Å². The summed E-state index contributed by atoms with van der Waals surface area (Å²) in [6, 6.07) is 14.8. The van der Waals surface area contributed by atoms with Gasteiger partial charge in [-0.1, -0.05) is 32.0 Å². The van der Waals surface area contributed by atoms with E-state index in [1.807, 2.05) is 45.0 Å². The van der Waals surface area contributed by atoms with Gasteiger partial charge in [-0.05, 0) is 54.3 Å². The number of carbonyl (C=O) groups excluding carboxylic acids is 1. The van der Waals surface area contributed by atoms with E-state index in [9.17, 15) is 18.0 Å². The number of carbonyl (C=O) groups is 1. The monoisotopic (exact) mass is 572 g/mol.